The van der Waals surface area contributed by atoms with Crippen LogP contribution in [0.25, 0.3) is 0 Å². The minimum atomic E-state index is 0. The maximum atomic E-state index is 6.36. The average Bonchev–Trinajstić information content (AvgIpc) is 3.61. The quantitative estimate of drug-likeness (QED) is 0.568. The third-order valence-corrected chi connectivity index (χ3v) is 5.96. The number of benzene rings is 2. The maximum absolute atomic E-state index is 6.36. The first-order valence-corrected chi connectivity index (χ1v) is 10.7. The zero-order valence-corrected chi connectivity index (χ0v) is 20.0. The highest BCUT2D eigenvalue weighted by Gasteiger charge is 2.33. The zero-order valence-electron chi connectivity index (χ0n) is 18.3. The molecule has 1 saturated heterocycles. The van der Waals surface area contributed by atoms with Crippen LogP contribution in [0.1, 0.15) is 36.4 Å². The number of ether oxygens (including phenoxy) is 3. The second-order valence-corrected chi connectivity index (χ2v) is 8.00. The number of methoxy groups -OCH3 is 2. The fraction of sp³-hybridized carbons (Fsp3) is 0.500. The van der Waals surface area contributed by atoms with Crippen molar-refractivity contribution < 1.29 is 14.2 Å². The summed E-state index contributed by atoms with van der Waals surface area (Å²) in [7, 11) is 3.38. The number of rotatable bonds is 9. The van der Waals surface area contributed by atoms with Gasteiger partial charge in [-0.15, -0.1) is 24.8 Å². The molecule has 31 heavy (non-hydrogen) atoms. The van der Waals surface area contributed by atoms with Crippen molar-refractivity contribution in [3.05, 3.63) is 53.6 Å². The molecule has 1 aliphatic carbocycles. The molecule has 1 aliphatic heterocycles. The minimum absolute atomic E-state index is 0. The van der Waals surface area contributed by atoms with Crippen LogP contribution in [0.15, 0.2) is 42.5 Å². The zero-order chi connectivity index (χ0) is 20.1. The van der Waals surface area contributed by atoms with Gasteiger partial charge in [0.1, 0.15) is 12.4 Å². The van der Waals surface area contributed by atoms with Gasteiger partial charge >= 0.3 is 0 Å². The monoisotopic (exact) mass is 468 g/mol. The molecule has 1 N–H and O–H groups in total. The van der Waals surface area contributed by atoms with Gasteiger partial charge in [-0.2, -0.15) is 0 Å². The van der Waals surface area contributed by atoms with E-state index >= 15 is 0 Å². The Morgan fingerprint density at radius 3 is 2.19 bits per heavy atom. The normalized spacial score (nSPS) is 17.1. The molecule has 1 heterocycles. The van der Waals surface area contributed by atoms with E-state index in [1.54, 1.807) is 14.2 Å². The predicted molar refractivity (Wildman–Crippen MR) is 129 cm³/mol. The first kappa shape index (κ1) is 25.6. The predicted octanol–water partition coefficient (Wildman–Crippen LogP) is 4.87. The third kappa shape index (κ3) is 6.66. The maximum Gasteiger partial charge on any atom is 0.164 e. The standard InChI is InChI=1S/C24H32N2O3.2ClH/c1-27-23-15-20(21(14-18-8-9-18)26-12-10-25-11-13-26)22(16-24(23)28-2)29-17-19-6-4-3-5-7-19;;/h3-7,15-16,18,21,25H,8-14,17H2,1-2H3;2*1H/t21-;;/m0../s1. The van der Waals surface area contributed by atoms with E-state index in [2.05, 4.69) is 28.4 Å². The largest absolute Gasteiger partial charge is 0.493 e. The first-order chi connectivity index (χ1) is 14.3. The Balaban J connectivity index is 0.00000171. The van der Waals surface area contributed by atoms with Crippen molar-refractivity contribution >= 4 is 24.8 Å². The highest BCUT2D eigenvalue weighted by atomic mass is 35.5. The fourth-order valence-electron chi connectivity index (χ4n) is 4.13. The second kappa shape index (κ2) is 12.4. The SMILES string of the molecule is COc1cc(OCc2ccccc2)c([C@H](CC2CC2)N2CCNCC2)cc1OC.Cl.Cl. The van der Waals surface area contributed by atoms with E-state index in [9.17, 15) is 0 Å². The summed E-state index contributed by atoms with van der Waals surface area (Å²) < 4.78 is 17.6. The Morgan fingerprint density at radius 1 is 0.935 bits per heavy atom. The highest BCUT2D eigenvalue weighted by Crippen LogP contribution is 2.45. The summed E-state index contributed by atoms with van der Waals surface area (Å²) in [5.74, 6) is 3.20. The van der Waals surface area contributed by atoms with Crippen molar-refractivity contribution in [2.45, 2.75) is 31.9 Å². The van der Waals surface area contributed by atoms with Gasteiger partial charge in [-0.25, -0.2) is 0 Å². The molecule has 2 aliphatic rings. The number of nitrogens with one attached hydrogen (secondary N) is 1. The van der Waals surface area contributed by atoms with Gasteiger partial charge < -0.3 is 19.5 Å². The lowest BCUT2D eigenvalue weighted by Gasteiger charge is -2.36. The van der Waals surface area contributed by atoms with Crippen LogP contribution in [0.4, 0.5) is 0 Å². The van der Waals surface area contributed by atoms with Crippen molar-refractivity contribution in [2.24, 2.45) is 5.92 Å². The summed E-state index contributed by atoms with van der Waals surface area (Å²) >= 11 is 0. The third-order valence-electron chi connectivity index (χ3n) is 5.96. The summed E-state index contributed by atoms with van der Waals surface area (Å²) in [6, 6.07) is 14.8. The Morgan fingerprint density at radius 2 is 1.58 bits per heavy atom. The molecule has 5 nitrogen and oxygen atoms in total. The Bertz CT molecular complexity index is 797. The van der Waals surface area contributed by atoms with Crippen LogP contribution in [-0.4, -0.2) is 45.3 Å². The van der Waals surface area contributed by atoms with Crippen LogP contribution < -0.4 is 19.5 Å². The fourth-order valence-corrected chi connectivity index (χ4v) is 4.13. The molecule has 1 atom stereocenters. The van der Waals surface area contributed by atoms with Gasteiger partial charge in [-0.3, -0.25) is 4.90 Å². The summed E-state index contributed by atoms with van der Waals surface area (Å²) in [4.78, 5) is 2.60. The molecule has 2 aromatic carbocycles. The second-order valence-electron chi connectivity index (χ2n) is 8.00. The molecule has 172 valence electrons. The Kier molecular flexibility index (Phi) is 10.2. The summed E-state index contributed by atoms with van der Waals surface area (Å²) in [5, 5.41) is 3.47. The van der Waals surface area contributed by atoms with Crippen molar-refractivity contribution in [1.82, 2.24) is 10.2 Å². The number of piperazine rings is 1. The van der Waals surface area contributed by atoms with Gasteiger partial charge in [0, 0.05) is 43.9 Å². The molecular formula is C24H34Cl2N2O3. The highest BCUT2D eigenvalue weighted by molar-refractivity contribution is 5.85. The van der Waals surface area contributed by atoms with Crippen LogP contribution in [0, 0.1) is 5.92 Å². The van der Waals surface area contributed by atoms with E-state index in [4.69, 9.17) is 14.2 Å². The molecule has 4 rings (SSSR count). The molecular weight excluding hydrogens is 435 g/mol. The first-order valence-electron chi connectivity index (χ1n) is 10.7. The van der Waals surface area contributed by atoms with Gasteiger partial charge in [0.2, 0.25) is 0 Å². The van der Waals surface area contributed by atoms with Crippen LogP contribution in [0.5, 0.6) is 17.2 Å². The van der Waals surface area contributed by atoms with Crippen molar-refractivity contribution in [2.75, 3.05) is 40.4 Å². The summed E-state index contributed by atoms with van der Waals surface area (Å²) in [5.41, 5.74) is 2.38. The Hall–Kier alpha value is -1.66. The lowest BCUT2D eigenvalue weighted by molar-refractivity contribution is 0.155. The van der Waals surface area contributed by atoms with Crippen molar-refractivity contribution in [3.8, 4) is 17.2 Å². The molecule has 2 aromatic rings. The van der Waals surface area contributed by atoms with E-state index in [-0.39, 0.29) is 24.8 Å². The van der Waals surface area contributed by atoms with E-state index in [1.165, 1.54) is 24.8 Å². The van der Waals surface area contributed by atoms with E-state index in [0.717, 1.165) is 49.2 Å². The molecule has 0 radical (unpaired) electrons. The van der Waals surface area contributed by atoms with Crippen LogP contribution in [0.2, 0.25) is 0 Å². The average molecular weight is 469 g/mol. The van der Waals surface area contributed by atoms with E-state index in [1.807, 2.05) is 24.3 Å². The molecule has 0 bridgehead atoms. The van der Waals surface area contributed by atoms with Crippen molar-refractivity contribution in [3.63, 3.8) is 0 Å². The van der Waals surface area contributed by atoms with Crippen LogP contribution in [0.3, 0.4) is 0 Å². The smallest absolute Gasteiger partial charge is 0.164 e. The topological polar surface area (TPSA) is 43.0 Å². The molecule has 1 saturated carbocycles. The van der Waals surface area contributed by atoms with Gasteiger partial charge in [-0.05, 0) is 24.0 Å². The molecule has 7 heteroatoms. The molecule has 0 spiro atoms. The lowest BCUT2D eigenvalue weighted by atomic mass is 9.97. The van der Waals surface area contributed by atoms with E-state index < -0.39 is 0 Å². The van der Waals surface area contributed by atoms with Gasteiger partial charge in [0.15, 0.2) is 11.5 Å². The Labute approximate surface area is 198 Å². The van der Waals surface area contributed by atoms with Gasteiger partial charge in [0.05, 0.1) is 14.2 Å². The van der Waals surface area contributed by atoms with Crippen LogP contribution in [-0.2, 0) is 6.61 Å². The lowest BCUT2D eigenvalue weighted by Crippen LogP contribution is -2.45. The number of halogens is 2. The van der Waals surface area contributed by atoms with Crippen molar-refractivity contribution in [1.29, 1.82) is 0 Å². The number of nitrogens with zero attached hydrogens (tertiary/aromatic N) is 1. The van der Waals surface area contributed by atoms with Crippen LogP contribution >= 0.6 is 24.8 Å². The van der Waals surface area contributed by atoms with Gasteiger partial charge in [0.25, 0.3) is 0 Å². The van der Waals surface area contributed by atoms with Gasteiger partial charge in [-0.1, -0.05) is 43.2 Å². The number of hydrogen-bond acceptors (Lipinski definition) is 5. The number of hydrogen-bond donors (Lipinski definition) is 1. The molecule has 0 aromatic heterocycles. The summed E-state index contributed by atoms with van der Waals surface area (Å²) in [6.45, 7) is 4.73. The van der Waals surface area contributed by atoms with E-state index in [0.29, 0.717) is 18.4 Å². The molecule has 0 unspecified atom stereocenters. The molecule has 2 fully saturated rings. The minimum Gasteiger partial charge on any atom is -0.493 e. The molecule has 0 amide bonds. The summed E-state index contributed by atoms with van der Waals surface area (Å²) in [6.07, 6.45) is 3.86.